The molecule has 2 N–H and O–H groups in total. The van der Waals surface area contributed by atoms with E-state index in [0.717, 1.165) is 6.42 Å². The van der Waals surface area contributed by atoms with Crippen molar-refractivity contribution in [2.45, 2.75) is 31.8 Å². The number of halogens is 1. The van der Waals surface area contributed by atoms with Crippen molar-refractivity contribution in [3.05, 3.63) is 75.0 Å². The SMILES string of the molecule is CCn1cc(C(=O)O)c(=O)c2cc(NC3CC3c3ccccc3)c(Cl)cc21. The molecule has 0 bridgehead atoms. The van der Waals surface area contributed by atoms with Crippen LogP contribution in [-0.2, 0) is 6.54 Å². The Bertz CT molecular complexity index is 1090. The normalized spacial score (nSPS) is 18.4. The Hall–Kier alpha value is -2.79. The predicted octanol–water partition coefficient (Wildman–Crippen LogP) is 4.34. The summed E-state index contributed by atoms with van der Waals surface area (Å²) in [7, 11) is 0. The molecule has 0 saturated heterocycles. The number of carboxylic acid groups (broad SMARTS) is 1. The summed E-state index contributed by atoms with van der Waals surface area (Å²) in [6.07, 6.45) is 2.37. The third-order valence-electron chi connectivity index (χ3n) is 5.10. The number of benzene rings is 2. The summed E-state index contributed by atoms with van der Waals surface area (Å²) in [5, 5.41) is 13.6. The minimum atomic E-state index is -1.22. The Balaban J connectivity index is 1.72. The van der Waals surface area contributed by atoms with Crippen LogP contribution in [0, 0.1) is 0 Å². The monoisotopic (exact) mass is 382 g/mol. The van der Waals surface area contributed by atoms with Crippen molar-refractivity contribution in [1.29, 1.82) is 0 Å². The summed E-state index contributed by atoms with van der Waals surface area (Å²) < 4.78 is 1.74. The van der Waals surface area contributed by atoms with E-state index in [-0.39, 0.29) is 11.6 Å². The van der Waals surface area contributed by atoms with E-state index in [0.29, 0.717) is 34.1 Å². The van der Waals surface area contributed by atoms with Gasteiger partial charge in [0.2, 0.25) is 5.43 Å². The quantitative estimate of drug-likeness (QED) is 0.688. The van der Waals surface area contributed by atoms with Gasteiger partial charge in [0.15, 0.2) is 0 Å². The van der Waals surface area contributed by atoms with Gasteiger partial charge in [-0.1, -0.05) is 41.9 Å². The molecule has 2 atom stereocenters. The van der Waals surface area contributed by atoms with Gasteiger partial charge in [0.05, 0.1) is 16.2 Å². The summed E-state index contributed by atoms with van der Waals surface area (Å²) in [6.45, 7) is 2.43. The second kappa shape index (κ2) is 6.74. The van der Waals surface area contributed by atoms with Crippen molar-refractivity contribution >= 4 is 34.2 Å². The maximum Gasteiger partial charge on any atom is 0.341 e. The summed E-state index contributed by atoms with van der Waals surface area (Å²) >= 11 is 6.46. The van der Waals surface area contributed by atoms with Gasteiger partial charge in [-0.3, -0.25) is 4.79 Å². The zero-order valence-corrected chi connectivity index (χ0v) is 15.5. The van der Waals surface area contributed by atoms with Crippen LogP contribution in [0.2, 0.25) is 5.02 Å². The third-order valence-corrected chi connectivity index (χ3v) is 5.41. The van der Waals surface area contributed by atoms with E-state index in [9.17, 15) is 14.7 Å². The van der Waals surface area contributed by atoms with Crippen molar-refractivity contribution in [3.63, 3.8) is 0 Å². The summed E-state index contributed by atoms with van der Waals surface area (Å²) in [5.41, 5.74) is 1.85. The highest BCUT2D eigenvalue weighted by atomic mass is 35.5. The van der Waals surface area contributed by atoms with Gasteiger partial charge in [-0.05, 0) is 31.0 Å². The Kier molecular flexibility index (Phi) is 4.40. The van der Waals surface area contributed by atoms with Gasteiger partial charge in [0.25, 0.3) is 0 Å². The molecule has 0 radical (unpaired) electrons. The molecular weight excluding hydrogens is 364 g/mol. The Morgan fingerprint density at radius 2 is 2.04 bits per heavy atom. The van der Waals surface area contributed by atoms with E-state index in [2.05, 4.69) is 17.4 Å². The standard InChI is InChI=1S/C21H19ClN2O3/c1-2-24-11-15(21(26)27)20(25)14-9-18(16(22)10-19(14)24)23-17-8-13(17)12-6-4-3-5-7-12/h3-7,9-11,13,17,23H,2,8H2,1H3,(H,26,27). The molecule has 1 fully saturated rings. The number of hydrogen-bond acceptors (Lipinski definition) is 3. The fraction of sp³-hybridized carbons (Fsp3) is 0.238. The van der Waals surface area contributed by atoms with Gasteiger partial charge >= 0.3 is 5.97 Å². The highest BCUT2D eigenvalue weighted by Gasteiger charge is 2.38. The number of anilines is 1. The Morgan fingerprint density at radius 3 is 2.70 bits per heavy atom. The summed E-state index contributed by atoms with van der Waals surface area (Å²) in [5.74, 6) is -0.810. The second-order valence-electron chi connectivity index (χ2n) is 6.82. The average Bonchev–Trinajstić information content (AvgIpc) is 3.43. The number of pyridine rings is 1. The van der Waals surface area contributed by atoms with Crippen LogP contribution in [0.3, 0.4) is 0 Å². The highest BCUT2D eigenvalue weighted by molar-refractivity contribution is 6.34. The van der Waals surface area contributed by atoms with Gasteiger partial charge in [-0.25, -0.2) is 4.79 Å². The Labute approximate surface area is 161 Å². The van der Waals surface area contributed by atoms with Crippen LogP contribution >= 0.6 is 11.6 Å². The smallest absolute Gasteiger partial charge is 0.341 e. The first-order chi connectivity index (χ1) is 13.0. The number of carboxylic acids is 1. The predicted molar refractivity (Wildman–Crippen MR) is 107 cm³/mol. The molecule has 6 heteroatoms. The van der Waals surface area contributed by atoms with Crippen LogP contribution in [0.4, 0.5) is 5.69 Å². The van der Waals surface area contributed by atoms with Crippen molar-refractivity contribution in [2.24, 2.45) is 0 Å². The molecular formula is C21H19ClN2O3. The molecule has 4 rings (SSSR count). The molecule has 1 saturated carbocycles. The molecule has 1 aromatic heterocycles. The van der Waals surface area contributed by atoms with E-state index in [1.807, 2.05) is 25.1 Å². The zero-order chi connectivity index (χ0) is 19.1. The van der Waals surface area contributed by atoms with Crippen LogP contribution in [-0.4, -0.2) is 21.7 Å². The van der Waals surface area contributed by atoms with Gasteiger partial charge in [-0.2, -0.15) is 0 Å². The maximum absolute atomic E-state index is 12.6. The van der Waals surface area contributed by atoms with Crippen molar-refractivity contribution in [1.82, 2.24) is 4.57 Å². The van der Waals surface area contributed by atoms with E-state index >= 15 is 0 Å². The van der Waals surface area contributed by atoms with E-state index in [1.54, 1.807) is 16.7 Å². The van der Waals surface area contributed by atoms with Crippen molar-refractivity contribution in [2.75, 3.05) is 5.32 Å². The van der Waals surface area contributed by atoms with Gasteiger partial charge in [0, 0.05) is 30.1 Å². The number of aromatic carboxylic acids is 1. The number of fused-ring (bicyclic) bond motifs is 1. The molecule has 138 valence electrons. The number of hydrogen-bond donors (Lipinski definition) is 2. The molecule has 1 aliphatic rings. The first-order valence-electron chi connectivity index (χ1n) is 8.91. The topological polar surface area (TPSA) is 71.3 Å². The second-order valence-corrected chi connectivity index (χ2v) is 7.22. The van der Waals surface area contributed by atoms with Crippen molar-refractivity contribution < 1.29 is 9.90 Å². The third kappa shape index (κ3) is 3.19. The molecule has 2 unspecified atom stereocenters. The van der Waals surface area contributed by atoms with Crippen LogP contribution in [0.15, 0.2) is 53.5 Å². The number of aromatic nitrogens is 1. The number of nitrogens with one attached hydrogen (secondary N) is 1. The minimum absolute atomic E-state index is 0.230. The maximum atomic E-state index is 12.6. The average molecular weight is 383 g/mol. The fourth-order valence-electron chi connectivity index (χ4n) is 3.56. The molecule has 1 aliphatic carbocycles. The van der Waals surface area contributed by atoms with Crippen LogP contribution in [0.5, 0.6) is 0 Å². The minimum Gasteiger partial charge on any atom is -0.477 e. The molecule has 1 heterocycles. The number of aryl methyl sites for hydroxylation is 1. The molecule has 5 nitrogen and oxygen atoms in total. The largest absolute Gasteiger partial charge is 0.477 e. The first-order valence-corrected chi connectivity index (χ1v) is 9.29. The van der Waals surface area contributed by atoms with E-state index in [4.69, 9.17) is 11.6 Å². The van der Waals surface area contributed by atoms with Crippen LogP contribution in [0.25, 0.3) is 10.9 Å². The summed E-state index contributed by atoms with van der Waals surface area (Å²) in [4.78, 5) is 24.0. The number of rotatable bonds is 5. The van der Waals surface area contributed by atoms with Gasteiger partial charge in [-0.15, -0.1) is 0 Å². The zero-order valence-electron chi connectivity index (χ0n) is 14.8. The van der Waals surface area contributed by atoms with Crippen LogP contribution in [0.1, 0.15) is 35.2 Å². The van der Waals surface area contributed by atoms with Crippen molar-refractivity contribution in [3.8, 4) is 0 Å². The van der Waals surface area contributed by atoms with Gasteiger partial charge in [0.1, 0.15) is 5.56 Å². The fourth-order valence-corrected chi connectivity index (χ4v) is 3.77. The van der Waals surface area contributed by atoms with E-state index < -0.39 is 11.4 Å². The lowest BCUT2D eigenvalue weighted by molar-refractivity contribution is 0.0695. The summed E-state index contributed by atoms with van der Waals surface area (Å²) in [6, 6.07) is 13.9. The van der Waals surface area contributed by atoms with Gasteiger partial charge < -0.3 is 15.0 Å². The number of nitrogens with zero attached hydrogens (tertiary/aromatic N) is 1. The number of carbonyl (C=O) groups is 1. The molecule has 2 aromatic carbocycles. The molecule has 0 spiro atoms. The highest BCUT2D eigenvalue weighted by Crippen LogP contribution is 2.44. The lowest BCUT2D eigenvalue weighted by Gasteiger charge is -2.14. The molecule has 27 heavy (non-hydrogen) atoms. The van der Waals surface area contributed by atoms with Crippen LogP contribution < -0.4 is 10.7 Å². The lowest BCUT2D eigenvalue weighted by atomic mass is 10.1. The molecule has 0 amide bonds. The first kappa shape index (κ1) is 17.6. The lowest BCUT2D eigenvalue weighted by Crippen LogP contribution is -2.19. The van der Waals surface area contributed by atoms with E-state index in [1.165, 1.54) is 11.8 Å². The molecule has 0 aliphatic heterocycles. The Morgan fingerprint density at radius 1 is 1.30 bits per heavy atom. The molecule has 3 aromatic rings.